The average Bonchev–Trinajstić information content (AvgIpc) is 3.62. The third-order valence-corrected chi connectivity index (χ3v) is 10.2. The second kappa shape index (κ2) is 10.2. The van der Waals surface area contributed by atoms with Gasteiger partial charge in [0.2, 0.25) is 0 Å². The van der Waals surface area contributed by atoms with E-state index in [0.717, 1.165) is 5.56 Å². The molecule has 3 saturated carbocycles. The number of benzene rings is 3. The molecule has 3 aromatic rings. The van der Waals surface area contributed by atoms with Gasteiger partial charge in [-0.1, -0.05) is 61.0 Å². The number of aryl methyl sites for hydroxylation is 1. The summed E-state index contributed by atoms with van der Waals surface area (Å²) in [6.45, 7) is 3.38. The van der Waals surface area contributed by atoms with E-state index in [2.05, 4.69) is 0 Å². The molecule has 9 heteroatoms. The fourth-order valence-corrected chi connectivity index (χ4v) is 7.84. The number of ketones is 1. The normalized spacial score (nSPS) is 28.5. The van der Waals surface area contributed by atoms with Crippen LogP contribution in [-0.2, 0) is 28.6 Å². The van der Waals surface area contributed by atoms with Crippen molar-refractivity contribution in [3.63, 3.8) is 0 Å². The number of carbonyl (C=O) groups excluding carboxylic acids is 3. The minimum atomic E-state index is -4.13. The second-order valence-electron chi connectivity index (χ2n) is 11.4. The highest BCUT2D eigenvalue weighted by Gasteiger charge is 2.80. The first kappa shape index (κ1) is 27.4. The van der Waals surface area contributed by atoms with Gasteiger partial charge in [-0.05, 0) is 61.6 Å². The molecule has 6 rings (SSSR count). The lowest BCUT2D eigenvalue weighted by atomic mass is 9.80. The number of Topliss-reactive ketones (excluding diaryl/α,β-unsaturated/α-hetero) is 1. The Kier molecular flexibility index (Phi) is 6.82. The Bertz CT molecular complexity index is 1590. The minimum Gasteiger partial charge on any atom is -0.456 e. The molecule has 0 amide bonds. The summed E-state index contributed by atoms with van der Waals surface area (Å²) in [6, 6.07) is 23.2. The van der Waals surface area contributed by atoms with E-state index >= 15 is 0 Å². The van der Waals surface area contributed by atoms with Crippen molar-refractivity contribution in [2.75, 3.05) is 6.61 Å². The molecule has 0 bridgehead atoms. The Hall–Kier alpha value is -3.82. The van der Waals surface area contributed by atoms with E-state index < -0.39 is 46.3 Å². The summed E-state index contributed by atoms with van der Waals surface area (Å²) in [5, 5.41) is 0. The number of carbonyl (C=O) groups is 3. The predicted octanol–water partition coefficient (Wildman–Crippen LogP) is 4.62. The van der Waals surface area contributed by atoms with Gasteiger partial charge < -0.3 is 9.47 Å². The highest BCUT2D eigenvalue weighted by atomic mass is 32.2. The molecule has 8 nitrogen and oxygen atoms in total. The third-order valence-electron chi connectivity index (χ3n) is 8.87. The molecule has 3 fully saturated rings. The smallest absolute Gasteiger partial charge is 0.338 e. The lowest BCUT2D eigenvalue weighted by molar-refractivity contribution is -0.130. The number of hydrogen-bond donors (Lipinski definition) is 0. The van der Waals surface area contributed by atoms with Crippen molar-refractivity contribution in [1.29, 1.82) is 0 Å². The first-order valence-corrected chi connectivity index (χ1v) is 15.0. The van der Waals surface area contributed by atoms with Gasteiger partial charge in [0.1, 0.15) is 12.7 Å². The zero-order valence-electron chi connectivity index (χ0n) is 22.6. The van der Waals surface area contributed by atoms with Gasteiger partial charge in [0.15, 0.2) is 11.9 Å². The summed E-state index contributed by atoms with van der Waals surface area (Å²) in [5.74, 6) is -2.13. The van der Waals surface area contributed by atoms with Crippen LogP contribution < -0.4 is 0 Å². The molecule has 212 valence electrons. The van der Waals surface area contributed by atoms with Gasteiger partial charge in [-0.3, -0.25) is 8.98 Å². The highest BCUT2D eigenvalue weighted by molar-refractivity contribution is 7.86. The molecule has 3 aromatic carbocycles. The molecule has 41 heavy (non-hydrogen) atoms. The Morgan fingerprint density at radius 3 is 2.07 bits per heavy atom. The van der Waals surface area contributed by atoms with Crippen molar-refractivity contribution >= 4 is 27.8 Å². The summed E-state index contributed by atoms with van der Waals surface area (Å²) >= 11 is 0. The first-order valence-electron chi connectivity index (χ1n) is 13.6. The molecule has 7 atom stereocenters. The summed E-state index contributed by atoms with van der Waals surface area (Å²) in [6.07, 6.45) is -1.44. The van der Waals surface area contributed by atoms with Crippen LogP contribution in [0.3, 0.4) is 0 Å². The van der Waals surface area contributed by atoms with Crippen LogP contribution in [0.2, 0.25) is 0 Å². The maximum atomic E-state index is 13.4. The topological polar surface area (TPSA) is 113 Å². The molecular weight excluding hydrogens is 544 g/mol. The Balaban J connectivity index is 1.24. The molecule has 0 saturated heterocycles. The Morgan fingerprint density at radius 1 is 0.902 bits per heavy atom. The summed E-state index contributed by atoms with van der Waals surface area (Å²) in [5.41, 5.74) is 0.929. The van der Waals surface area contributed by atoms with Gasteiger partial charge in [-0.2, -0.15) is 8.42 Å². The van der Waals surface area contributed by atoms with Crippen LogP contribution in [0.25, 0.3) is 0 Å². The van der Waals surface area contributed by atoms with Gasteiger partial charge >= 0.3 is 11.9 Å². The van der Waals surface area contributed by atoms with E-state index in [1.807, 2.05) is 13.8 Å². The van der Waals surface area contributed by atoms with Crippen molar-refractivity contribution < 1.29 is 36.5 Å². The van der Waals surface area contributed by atoms with E-state index in [0.29, 0.717) is 17.5 Å². The lowest BCUT2D eigenvalue weighted by Gasteiger charge is -2.31. The molecular formula is C32H30O8S. The predicted molar refractivity (Wildman–Crippen MR) is 147 cm³/mol. The molecule has 0 heterocycles. The maximum absolute atomic E-state index is 13.4. The Labute approximate surface area is 238 Å². The average molecular weight is 575 g/mol. The SMILES string of the molecule is Cc1ccc(S(=O)(=O)OC[C@H](OC(=O)c2ccccc2)[C@@H]2C[C@]3(C)C(OC(=O)c4ccccc4)C(=O)C4C2[C@@H]43)cc1. The van der Waals surface area contributed by atoms with Gasteiger partial charge in [-0.25, -0.2) is 9.59 Å². The fourth-order valence-electron chi connectivity index (χ4n) is 6.92. The van der Waals surface area contributed by atoms with Crippen LogP contribution in [0.15, 0.2) is 89.8 Å². The zero-order chi connectivity index (χ0) is 28.9. The van der Waals surface area contributed by atoms with E-state index in [9.17, 15) is 22.8 Å². The van der Waals surface area contributed by atoms with Crippen molar-refractivity contribution in [3.05, 3.63) is 102 Å². The maximum Gasteiger partial charge on any atom is 0.338 e. The Morgan fingerprint density at radius 2 is 1.49 bits per heavy atom. The number of fused-ring (bicyclic) bond motifs is 1. The molecule has 3 unspecified atom stereocenters. The van der Waals surface area contributed by atoms with E-state index in [4.69, 9.17) is 13.7 Å². The highest BCUT2D eigenvalue weighted by Crippen LogP contribution is 2.76. The van der Waals surface area contributed by atoms with Crippen LogP contribution >= 0.6 is 0 Å². The summed E-state index contributed by atoms with van der Waals surface area (Å²) < 4.78 is 43.2. The van der Waals surface area contributed by atoms with E-state index in [1.54, 1.807) is 72.8 Å². The van der Waals surface area contributed by atoms with Crippen LogP contribution in [0, 0.1) is 36.0 Å². The van der Waals surface area contributed by atoms with Crippen molar-refractivity contribution in [1.82, 2.24) is 0 Å². The number of ether oxygens (including phenoxy) is 2. The summed E-state index contributed by atoms with van der Waals surface area (Å²) in [4.78, 5) is 39.3. The third kappa shape index (κ3) is 4.87. The van der Waals surface area contributed by atoms with E-state index in [1.165, 1.54) is 12.1 Å². The fraction of sp³-hybridized carbons (Fsp3) is 0.344. The monoisotopic (exact) mass is 574 g/mol. The van der Waals surface area contributed by atoms with Crippen molar-refractivity contribution in [3.8, 4) is 0 Å². The molecule has 0 N–H and O–H groups in total. The van der Waals surface area contributed by atoms with Crippen LogP contribution in [0.1, 0.15) is 39.6 Å². The van der Waals surface area contributed by atoms with Crippen molar-refractivity contribution in [2.24, 2.45) is 29.1 Å². The minimum absolute atomic E-state index is 0.00190. The number of hydrogen-bond acceptors (Lipinski definition) is 8. The van der Waals surface area contributed by atoms with Crippen molar-refractivity contribution in [2.45, 2.75) is 37.4 Å². The molecule has 3 aliphatic carbocycles. The van der Waals surface area contributed by atoms with Gasteiger partial charge in [0, 0.05) is 17.3 Å². The number of esters is 2. The molecule has 3 aliphatic rings. The van der Waals surface area contributed by atoms with Gasteiger partial charge in [0.05, 0.1) is 16.0 Å². The van der Waals surface area contributed by atoms with Crippen LogP contribution in [-0.4, -0.2) is 45.0 Å². The standard InChI is InChI=1S/C32H30O8S/c1-19-13-15-22(16-14-19)41(36,37)38-18-24(39-30(34)20-9-5-3-6-10-20)23-17-32(2)27-25(23)26(27)28(33)29(32)40-31(35)21-11-7-4-8-12-21/h3-16,23-27,29H,17-18H2,1-2H3/t23-,24-,25?,26?,27-,29?,32-/m0/s1. The zero-order valence-corrected chi connectivity index (χ0v) is 23.5. The molecule has 0 aliphatic heterocycles. The molecule has 0 aromatic heterocycles. The van der Waals surface area contributed by atoms with Gasteiger partial charge in [0.25, 0.3) is 10.1 Å². The number of rotatable bonds is 9. The van der Waals surface area contributed by atoms with Crippen LogP contribution in [0.5, 0.6) is 0 Å². The first-order chi connectivity index (χ1) is 19.6. The second-order valence-corrected chi connectivity index (χ2v) is 13.0. The summed E-state index contributed by atoms with van der Waals surface area (Å²) in [7, 11) is -4.13. The lowest BCUT2D eigenvalue weighted by Crippen LogP contribution is -2.38. The largest absolute Gasteiger partial charge is 0.456 e. The molecule has 0 radical (unpaired) electrons. The van der Waals surface area contributed by atoms with E-state index in [-0.39, 0.29) is 34.4 Å². The van der Waals surface area contributed by atoms with Gasteiger partial charge in [-0.15, -0.1) is 0 Å². The molecule has 0 spiro atoms. The quantitative estimate of drug-likeness (QED) is 0.269. The van der Waals surface area contributed by atoms with Crippen LogP contribution in [0.4, 0.5) is 0 Å².